The highest BCUT2D eigenvalue weighted by molar-refractivity contribution is 5.79. The number of halogens is 1. The van der Waals surface area contributed by atoms with Crippen LogP contribution in [-0.4, -0.2) is 24.7 Å². The maximum atomic E-state index is 12.9. The molecule has 0 aromatic heterocycles. The number of carbonyl (C=O) groups excluding carboxylic acids is 1. The molecular weight excluding hydrogens is 285 g/mol. The number of aromatic hydroxyl groups is 1. The van der Waals surface area contributed by atoms with Gasteiger partial charge in [0.15, 0.2) is 0 Å². The Labute approximate surface area is 128 Å². The van der Waals surface area contributed by atoms with Gasteiger partial charge in [-0.1, -0.05) is 30.3 Å². The smallest absolute Gasteiger partial charge is 0.224 e. The Morgan fingerprint density at radius 3 is 2.55 bits per heavy atom. The van der Waals surface area contributed by atoms with Gasteiger partial charge in [0.25, 0.3) is 0 Å². The summed E-state index contributed by atoms with van der Waals surface area (Å²) in [5, 5.41) is 12.4. The van der Waals surface area contributed by atoms with Crippen LogP contribution in [0.15, 0.2) is 48.5 Å². The Balaban J connectivity index is 1.91. The number of ether oxygens (including phenoxy) is 1. The highest BCUT2D eigenvalue weighted by Crippen LogP contribution is 2.17. The molecule has 0 fully saturated rings. The standard InChI is InChI=1S/C17H18FNO3/c1-22-16(12-6-8-14(18)9-7-12)11-19-17(21)10-13-4-2-3-5-15(13)20/h2-9,16,20H,10-11H2,1H3,(H,19,21)/t16-/m1/s1. The van der Waals surface area contributed by atoms with E-state index in [-0.39, 0.29) is 36.5 Å². The van der Waals surface area contributed by atoms with E-state index in [1.807, 2.05) is 0 Å². The number of rotatable bonds is 6. The molecular formula is C17H18FNO3. The normalized spacial score (nSPS) is 11.9. The summed E-state index contributed by atoms with van der Waals surface area (Å²) in [5.74, 6) is -0.438. The van der Waals surface area contributed by atoms with E-state index in [0.717, 1.165) is 5.56 Å². The summed E-state index contributed by atoms with van der Waals surface area (Å²) in [4.78, 5) is 11.9. The molecule has 0 saturated heterocycles. The summed E-state index contributed by atoms with van der Waals surface area (Å²) in [5.41, 5.74) is 1.35. The van der Waals surface area contributed by atoms with Gasteiger partial charge in [0, 0.05) is 19.2 Å². The maximum absolute atomic E-state index is 12.9. The molecule has 0 saturated carbocycles. The number of benzene rings is 2. The van der Waals surface area contributed by atoms with Crippen molar-refractivity contribution < 1.29 is 19.0 Å². The second kappa shape index (κ2) is 7.56. The van der Waals surface area contributed by atoms with E-state index in [2.05, 4.69) is 5.32 Å². The maximum Gasteiger partial charge on any atom is 0.224 e. The summed E-state index contributed by atoms with van der Waals surface area (Å²) < 4.78 is 18.2. The van der Waals surface area contributed by atoms with Crippen LogP contribution in [0.2, 0.25) is 0 Å². The lowest BCUT2D eigenvalue weighted by molar-refractivity contribution is -0.121. The third-order valence-corrected chi connectivity index (χ3v) is 3.35. The van der Waals surface area contributed by atoms with Crippen LogP contribution in [-0.2, 0) is 16.0 Å². The third kappa shape index (κ3) is 4.30. The highest BCUT2D eigenvalue weighted by atomic mass is 19.1. The average molecular weight is 303 g/mol. The lowest BCUT2D eigenvalue weighted by Gasteiger charge is -2.16. The molecule has 2 N–H and O–H groups in total. The molecule has 5 heteroatoms. The van der Waals surface area contributed by atoms with Gasteiger partial charge < -0.3 is 15.2 Å². The molecule has 0 bridgehead atoms. The van der Waals surface area contributed by atoms with Crippen molar-refractivity contribution in [2.75, 3.05) is 13.7 Å². The van der Waals surface area contributed by atoms with Crippen LogP contribution in [0.25, 0.3) is 0 Å². The fourth-order valence-electron chi connectivity index (χ4n) is 2.12. The molecule has 0 radical (unpaired) electrons. The third-order valence-electron chi connectivity index (χ3n) is 3.35. The van der Waals surface area contributed by atoms with E-state index in [9.17, 15) is 14.3 Å². The number of hydrogen-bond acceptors (Lipinski definition) is 3. The number of amides is 1. The summed E-state index contributed by atoms with van der Waals surface area (Å²) in [6, 6.07) is 12.7. The van der Waals surface area contributed by atoms with Gasteiger partial charge in [0.05, 0.1) is 12.5 Å². The Morgan fingerprint density at radius 1 is 1.23 bits per heavy atom. The van der Waals surface area contributed by atoms with Crippen molar-refractivity contribution in [3.63, 3.8) is 0 Å². The SMILES string of the molecule is CO[C@H](CNC(=O)Cc1ccccc1O)c1ccc(F)cc1. The number of phenols is 1. The van der Waals surface area contributed by atoms with Crippen molar-refractivity contribution in [2.45, 2.75) is 12.5 Å². The van der Waals surface area contributed by atoms with Crippen LogP contribution < -0.4 is 5.32 Å². The highest BCUT2D eigenvalue weighted by Gasteiger charge is 2.13. The predicted molar refractivity (Wildman–Crippen MR) is 81.0 cm³/mol. The van der Waals surface area contributed by atoms with Gasteiger partial charge in [-0.3, -0.25) is 4.79 Å². The topological polar surface area (TPSA) is 58.6 Å². The zero-order valence-corrected chi connectivity index (χ0v) is 12.3. The minimum Gasteiger partial charge on any atom is -0.508 e. The van der Waals surface area contributed by atoms with Crippen molar-refractivity contribution in [1.29, 1.82) is 0 Å². The van der Waals surface area contributed by atoms with Gasteiger partial charge in [-0.25, -0.2) is 4.39 Å². The van der Waals surface area contributed by atoms with Crippen LogP contribution in [0.4, 0.5) is 4.39 Å². The van der Waals surface area contributed by atoms with E-state index in [1.54, 1.807) is 36.4 Å². The first-order chi connectivity index (χ1) is 10.6. The molecule has 2 rings (SSSR count). The van der Waals surface area contributed by atoms with Gasteiger partial charge in [-0.05, 0) is 23.8 Å². The minimum atomic E-state index is -0.353. The van der Waals surface area contributed by atoms with E-state index in [0.29, 0.717) is 5.56 Å². The van der Waals surface area contributed by atoms with E-state index < -0.39 is 0 Å². The van der Waals surface area contributed by atoms with Crippen LogP contribution in [0.3, 0.4) is 0 Å². The molecule has 2 aromatic carbocycles. The quantitative estimate of drug-likeness (QED) is 0.862. The number of nitrogens with one attached hydrogen (secondary N) is 1. The Hall–Kier alpha value is -2.40. The molecule has 2 aromatic rings. The lowest BCUT2D eigenvalue weighted by atomic mass is 10.1. The molecule has 0 unspecified atom stereocenters. The van der Waals surface area contributed by atoms with Crippen molar-refractivity contribution in [2.24, 2.45) is 0 Å². The summed E-state index contributed by atoms with van der Waals surface area (Å²) in [6.45, 7) is 0.272. The zero-order chi connectivity index (χ0) is 15.9. The second-order valence-corrected chi connectivity index (χ2v) is 4.89. The van der Waals surface area contributed by atoms with E-state index in [4.69, 9.17) is 4.74 Å². The monoisotopic (exact) mass is 303 g/mol. The molecule has 0 aliphatic heterocycles. The molecule has 0 aliphatic carbocycles. The van der Waals surface area contributed by atoms with Crippen molar-refractivity contribution in [1.82, 2.24) is 5.32 Å². The van der Waals surface area contributed by atoms with Gasteiger partial charge in [0.2, 0.25) is 5.91 Å². The van der Waals surface area contributed by atoms with Crippen LogP contribution in [0.1, 0.15) is 17.2 Å². The largest absolute Gasteiger partial charge is 0.508 e. The van der Waals surface area contributed by atoms with Gasteiger partial charge in [-0.15, -0.1) is 0 Å². The van der Waals surface area contributed by atoms with E-state index >= 15 is 0 Å². The number of methoxy groups -OCH3 is 1. The second-order valence-electron chi connectivity index (χ2n) is 4.89. The van der Waals surface area contributed by atoms with Gasteiger partial charge >= 0.3 is 0 Å². The predicted octanol–water partition coefficient (Wildman–Crippen LogP) is 2.58. The molecule has 0 heterocycles. The fraction of sp³-hybridized carbons (Fsp3) is 0.235. The molecule has 116 valence electrons. The average Bonchev–Trinajstić information content (AvgIpc) is 2.52. The molecule has 4 nitrogen and oxygen atoms in total. The molecule has 22 heavy (non-hydrogen) atoms. The van der Waals surface area contributed by atoms with Crippen molar-refractivity contribution in [3.8, 4) is 5.75 Å². The molecule has 0 aliphatic rings. The van der Waals surface area contributed by atoms with Crippen LogP contribution in [0.5, 0.6) is 5.75 Å². The summed E-state index contributed by atoms with van der Waals surface area (Å²) >= 11 is 0. The molecule has 1 amide bonds. The number of para-hydroxylation sites is 1. The van der Waals surface area contributed by atoms with Crippen molar-refractivity contribution in [3.05, 3.63) is 65.5 Å². The first-order valence-electron chi connectivity index (χ1n) is 6.92. The fourth-order valence-corrected chi connectivity index (χ4v) is 2.12. The summed E-state index contributed by atoms with van der Waals surface area (Å²) in [6.07, 6.45) is -0.263. The number of hydrogen-bond donors (Lipinski definition) is 2. The van der Waals surface area contributed by atoms with Crippen molar-refractivity contribution >= 4 is 5.91 Å². The minimum absolute atomic E-state index is 0.0898. The Kier molecular flexibility index (Phi) is 5.49. The van der Waals surface area contributed by atoms with Gasteiger partial charge in [-0.2, -0.15) is 0 Å². The molecule has 0 spiro atoms. The number of phenolic OH excluding ortho intramolecular Hbond substituents is 1. The number of carbonyl (C=O) groups is 1. The molecule has 1 atom stereocenters. The Bertz CT molecular complexity index is 628. The lowest BCUT2D eigenvalue weighted by Crippen LogP contribution is -2.30. The van der Waals surface area contributed by atoms with Gasteiger partial charge in [0.1, 0.15) is 11.6 Å². The first kappa shape index (κ1) is 16.0. The summed E-state index contributed by atoms with van der Waals surface area (Å²) in [7, 11) is 1.53. The first-order valence-corrected chi connectivity index (χ1v) is 6.92. The van der Waals surface area contributed by atoms with Crippen LogP contribution in [0, 0.1) is 5.82 Å². The zero-order valence-electron chi connectivity index (χ0n) is 12.3. The van der Waals surface area contributed by atoms with E-state index in [1.165, 1.54) is 19.2 Å². The Morgan fingerprint density at radius 2 is 1.91 bits per heavy atom. The van der Waals surface area contributed by atoms with Crippen LogP contribution >= 0.6 is 0 Å².